The van der Waals surface area contributed by atoms with Crippen molar-refractivity contribution in [3.05, 3.63) is 23.8 Å². The fourth-order valence-electron chi connectivity index (χ4n) is 2.14. The summed E-state index contributed by atoms with van der Waals surface area (Å²) in [6.07, 6.45) is 5.49. The minimum atomic E-state index is 0.0517. The molecule has 2 N–H and O–H groups in total. The van der Waals surface area contributed by atoms with Gasteiger partial charge in [0.25, 0.3) is 0 Å². The van der Waals surface area contributed by atoms with Crippen molar-refractivity contribution >= 4 is 17.3 Å². The molecule has 0 radical (unpaired) electrons. The molecule has 1 rings (SSSR count). The molecule has 1 aromatic rings. The molecule has 0 bridgehead atoms. The number of amides is 1. The Balaban J connectivity index is 2.63. The van der Waals surface area contributed by atoms with Crippen molar-refractivity contribution in [2.45, 2.75) is 65.8 Å². The molecule has 20 heavy (non-hydrogen) atoms. The first-order valence-electron chi connectivity index (χ1n) is 7.73. The van der Waals surface area contributed by atoms with Crippen LogP contribution in [-0.4, -0.2) is 11.9 Å². The molecule has 3 heteroatoms. The fraction of sp³-hybridized carbons (Fsp3) is 0.588. The number of hydrogen-bond donors (Lipinski definition) is 2. The molecule has 0 heterocycles. The summed E-state index contributed by atoms with van der Waals surface area (Å²) in [4.78, 5) is 11.4. The zero-order valence-corrected chi connectivity index (χ0v) is 13.3. The normalized spacial score (nSPS) is 12.0. The van der Waals surface area contributed by atoms with E-state index in [0.29, 0.717) is 12.5 Å². The number of benzene rings is 1. The highest BCUT2D eigenvalue weighted by Crippen LogP contribution is 2.22. The van der Waals surface area contributed by atoms with Gasteiger partial charge in [0.15, 0.2) is 0 Å². The van der Waals surface area contributed by atoms with Crippen molar-refractivity contribution in [2.75, 3.05) is 10.6 Å². The molecule has 3 nitrogen and oxygen atoms in total. The summed E-state index contributed by atoms with van der Waals surface area (Å²) in [5, 5.41) is 6.46. The summed E-state index contributed by atoms with van der Waals surface area (Å²) in [6.45, 7) is 8.39. The quantitative estimate of drug-likeness (QED) is 0.674. The van der Waals surface area contributed by atoms with Crippen molar-refractivity contribution in [1.29, 1.82) is 0 Å². The third-order valence-corrected chi connectivity index (χ3v) is 3.49. The van der Waals surface area contributed by atoms with Gasteiger partial charge in [0.1, 0.15) is 0 Å². The largest absolute Gasteiger partial charge is 0.382 e. The highest BCUT2D eigenvalue weighted by molar-refractivity contribution is 5.91. The molecule has 0 aliphatic heterocycles. The zero-order chi connectivity index (χ0) is 15.0. The summed E-state index contributed by atoms with van der Waals surface area (Å²) in [6, 6.07) is 6.49. The van der Waals surface area contributed by atoms with Crippen LogP contribution in [0.5, 0.6) is 0 Å². The van der Waals surface area contributed by atoms with E-state index in [-0.39, 0.29) is 5.91 Å². The Morgan fingerprint density at radius 1 is 1.25 bits per heavy atom. The van der Waals surface area contributed by atoms with Crippen LogP contribution in [0.1, 0.15) is 58.4 Å². The lowest BCUT2D eigenvalue weighted by Gasteiger charge is -2.18. The first-order chi connectivity index (χ1) is 9.56. The maximum atomic E-state index is 11.4. The van der Waals surface area contributed by atoms with Crippen LogP contribution in [0.3, 0.4) is 0 Å². The van der Waals surface area contributed by atoms with E-state index in [1.807, 2.05) is 25.1 Å². The van der Waals surface area contributed by atoms with Crippen LogP contribution in [0, 0.1) is 6.92 Å². The summed E-state index contributed by atoms with van der Waals surface area (Å²) in [5.41, 5.74) is 3.19. The van der Waals surface area contributed by atoms with Crippen LogP contribution in [0.2, 0.25) is 0 Å². The van der Waals surface area contributed by atoms with E-state index in [0.717, 1.165) is 11.4 Å². The smallest absolute Gasteiger partial charge is 0.224 e. The molecule has 112 valence electrons. The van der Waals surface area contributed by atoms with Crippen molar-refractivity contribution in [3.63, 3.8) is 0 Å². The minimum absolute atomic E-state index is 0.0517. The van der Waals surface area contributed by atoms with Gasteiger partial charge in [-0.1, -0.05) is 39.2 Å². The van der Waals surface area contributed by atoms with Crippen molar-refractivity contribution in [1.82, 2.24) is 0 Å². The minimum Gasteiger partial charge on any atom is -0.382 e. The number of nitrogens with one attached hydrogen (secondary N) is 2. The molecule has 1 amide bonds. The molecule has 0 aliphatic carbocycles. The lowest BCUT2D eigenvalue weighted by molar-refractivity contribution is -0.115. The van der Waals surface area contributed by atoms with E-state index in [4.69, 9.17) is 0 Å². The average molecular weight is 276 g/mol. The summed E-state index contributed by atoms with van der Waals surface area (Å²) < 4.78 is 0. The van der Waals surface area contributed by atoms with Gasteiger partial charge < -0.3 is 10.6 Å². The van der Waals surface area contributed by atoms with Crippen molar-refractivity contribution in [2.24, 2.45) is 0 Å². The fourth-order valence-corrected chi connectivity index (χ4v) is 2.14. The molecule has 1 unspecified atom stereocenters. The maximum absolute atomic E-state index is 11.4. The second-order valence-electron chi connectivity index (χ2n) is 5.47. The first-order valence-corrected chi connectivity index (χ1v) is 7.73. The van der Waals surface area contributed by atoms with E-state index in [2.05, 4.69) is 31.4 Å². The van der Waals surface area contributed by atoms with Gasteiger partial charge in [0.05, 0.1) is 0 Å². The van der Waals surface area contributed by atoms with Crippen LogP contribution in [0.15, 0.2) is 18.2 Å². The molecule has 1 aromatic carbocycles. The number of rotatable bonds is 8. The van der Waals surface area contributed by atoms with Gasteiger partial charge in [-0.2, -0.15) is 0 Å². The topological polar surface area (TPSA) is 41.1 Å². The van der Waals surface area contributed by atoms with E-state index in [9.17, 15) is 4.79 Å². The molecule has 0 fully saturated rings. The van der Waals surface area contributed by atoms with Gasteiger partial charge in [-0.05, 0) is 38.0 Å². The number of carbonyl (C=O) groups is 1. The Hall–Kier alpha value is -1.51. The Morgan fingerprint density at radius 3 is 2.65 bits per heavy atom. The molecule has 0 saturated heterocycles. The first kappa shape index (κ1) is 16.5. The molecule has 0 aliphatic rings. The molecule has 1 atom stereocenters. The van der Waals surface area contributed by atoms with Crippen LogP contribution < -0.4 is 10.6 Å². The van der Waals surface area contributed by atoms with Crippen LogP contribution in [-0.2, 0) is 4.79 Å². The van der Waals surface area contributed by atoms with Gasteiger partial charge in [-0.15, -0.1) is 0 Å². The van der Waals surface area contributed by atoms with Gasteiger partial charge in [-0.25, -0.2) is 0 Å². The Bertz CT molecular complexity index is 429. The number of aryl methyl sites for hydroxylation is 1. The molecular weight excluding hydrogens is 248 g/mol. The van der Waals surface area contributed by atoms with Gasteiger partial charge >= 0.3 is 0 Å². The van der Waals surface area contributed by atoms with E-state index < -0.39 is 0 Å². The average Bonchev–Trinajstić information content (AvgIpc) is 2.42. The second kappa shape index (κ2) is 8.62. The highest BCUT2D eigenvalue weighted by atomic mass is 16.1. The number of unbranched alkanes of at least 4 members (excludes halogenated alkanes) is 2. The summed E-state index contributed by atoms with van der Waals surface area (Å²) >= 11 is 0. The predicted octanol–water partition coefficient (Wildman–Crippen LogP) is 4.72. The van der Waals surface area contributed by atoms with E-state index >= 15 is 0 Å². The molecule has 0 saturated carbocycles. The third-order valence-electron chi connectivity index (χ3n) is 3.49. The second-order valence-corrected chi connectivity index (χ2v) is 5.47. The predicted molar refractivity (Wildman–Crippen MR) is 87.3 cm³/mol. The van der Waals surface area contributed by atoms with Crippen molar-refractivity contribution < 1.29 is 4.79 Å². The Morgan fingerprint density at radius 2 is 2.00 bits per heavy atom. The molecule has 0 spiro atoms. The summed E-state index contributed by atoms with van der Waals surface area (Å²) in [7, 11) is 0. The zero-order valence-electron chi connectivity index (χ0n) is 13.3. The van der Waals surface area contributed by atoms with Gasteiger partial charge in [-0.3, -0.25) is 4.79 Å². The van der Waals surface area contributed by atoms with Crippen LogP contribution >= 0.6 is 0 Å². The lowest BCUT2D eigenvalue weighted by Crippen LogP contribution is -2.16. The lowest BCUT2D eigenvalue weighted by atomic mass is 10.1. The Kier molecular flexibility index (Phi) is 7.13. The highest BCUT2D eigenvalue weighted by Gasteiger charge is 2.06. The third kappa shape index (κ3) is 5.64. The number of hydrogen-bond acceptors (Lipinski definition) is 2. The molecular formula is C17H28N2O. The van der Waals surface area contributed by atoms with E-state index in [1.54, 1.807) is 0 Å². The summed E-state index contributed by atoms with van der Waals surface area (Å²) in [5.74, 6) is 0.0517. The maximum Gasteiger partial charge on any atom is 0.224 e. The van der Waals surface area contributed by atoms with Crippen molar-refractivity contribution in [3.8, 4) is 0 Å². The number of carbonyl (C=O) groups excluding carboxylic acids is 1. The van der Waals surface area contributed by atoms with Crippen LogP contribution in [0.25, 0.3) is 0 Å². The Labute approximate surface area is 123 Å². The standard InChI is InChI=1S/C17H28N2O/c1-5-7-8-9-14(4)18-16-12-15(11-10-13(16)3)19-17(20)6-2/h10-12,14,18H,5-9H2,1-4H3,(H,19,20). The number of anilines is 2. The SMILES string of the molecule is CCCCCC(C)Nc1cc(NC(=O)CC)ccc1C. The monoisotopic (exact) mass is 276 g/mol. The molecule has 0 aromatic heterocycles. The van der Waals surface area contributed by atoms with Crippen LogP contribution in [0.4, 0.5) is 11.4 Å². The van der Waals surface area contributed by atoms with E-state index in [1.165, 1.54) is 31.2 Å². The van der Waals surface area contributed by atoms with Gasteiger partial charge in [0, 0.05) is 23.8 Å². The van der Waals surface area contributed by atoms with Gasteiger partial charge in [0.2, 0.25) is 5.91 Å².